The van der Waals surface area contributed by atoms with Crippen molar-refractivity contribution in [3.63, 3.8) is 0 Å². The van der Waals surface area contributed by atoms with Crippen molar-refractivity contribution in [2.45, 2.75) is 195 Å². The third kappa shape index (κ3) is 25.7. The maximum Gasteiger partial charge on any atom is 0.311 e. The van der Waals surface area contributed by atoms with Crippen molar-refractivity contribution in [1.29, 1.82) is 0 Å². The summed E-state index contributed by atoms with van der Waals surface area (Å²) >= 11 is 0. The lowest BCUT2D eigenvalue weighted by molar-refractivity contribution is -0.158. The first-order valence-corrected chi connectivity index (χ1v) is 16.8. The van der Waals surface area contributed by atoms with Crippen LogP contribution in [0.4, 0.5) is 0 Å². The normalized spacial score (nSPS) is 12.8. The lowest BCUT2D eigenvalue weighted by atomic mass is 9.97. The zero-order valence-electron chi connectivity index (χ0n) is 26.8. The van der Waals surface area contributed by atoms with Gasteiger partial charge in [0.05, 0.1) is 11.5 Å². The molecule has 0 heterocycles. The Bertz CT molecular complexity index is 477. The molecule has 0 aromatic rings. The van der Waals surface area contributed by atoms with E-state index in [0.717, 1.165) is 51.7 Å². The zero-order valence-corrected chi connectivity index (χ0v) is 26.8. The molecule has 0 aromatic carbocycles. The molecule has 0 N–H and O–H groups in total. The van der Waals surface area contributed by atoms with Gasteiger partial charge in [-0.05, 0) is 66.2 Å². The number of hydrogen-bond donors (Lipinski definition) is 0. The van der Waals surface area contributed by atoms with Gasteiger partial charge in [-0.3, -0.25) is 4.79 Å². The molecule has 4 heteroatoms. The molecule has 0 aliphatic heterocycles. The van der Waals surface area contributed by atoms with E-state index in [4.69, 9.17) is 14.2 Å². The molecule has 0 saturated carbocycles. The van der Waals surface area contributed by atoms with Crippen LogP contribution in [0.2, 0.25) is 0 Å². The third-order valence-electron chi connectivity index (χ3n) is 7.32. The fourth-order valence-electron chi connectivity index (χ4n) is 4.63. The van der Waals surface area contributed by atoms with Crippen molar-refractivity contribution in [2.24, 2.45) is 5.41 Å². The van der Waals surface area contributed by atoms with Gasteiger partial charge in [0.1, 0.15) is 0 Å². The molecule has 0 radical (unpaired) electrons. The van der Waals surface area contributed by atoms with E-state index in [1.54, 1.807) is 0 Å². The molecule has 0 spiro atoms. The van der Waals surface area contributed by atoms with E-state index in [9.17, 15) is 4.79 Å². The molecule has 0 amide bonds. The van der Waals surface area contributed by atoms with Gasteiger partial charge >= 0.3 is 5.97 Å². The average Bonchev–Trinajstić information content (AvgIpc) is 2.87. The molecule has 0 fully saturated rings. The summed E-state index contributed by atoms with van der Waals surface area (Å²) in [7, 11) is 0. The van der Waals surface area contributed by atoms with E-state index in [0.29, 0.717) is 0 Å². The minimum Gasteiger partial charge on any atom is -0.462 e. The second kappa shape index (κ2) is 26.6. The molecule has 0 saturated heterocycles. The second-order valence-electron chi connectivity index (χ2n) is 12.6. The van der Waals surface area contributed by atoms with Crippen LogP contribution in [0.25, 0.3) is 0 Å². The minimum absolute atomic E-state index is 0.000528. The van der Waals surface area contributed by atoms with Crippen LogP contribution in [0.3, 0.4) is 0 Å². The second-order valence-corrected chi connectivity index (χ2v) is 12.6. The lowest BCUT2D eigenvalue weighted by Crippen LogP contribution is -2.26. The molecule has 0 aliphatic rings. The number of ether oxygens (including phenoxy) is 3. The molecular formula is C34H68O4. The number of unbranched alkanes of at least 4 members (excludes halogenated alkanes) is 17. The number of esters is 1. The highest BCUT2D eigenvalue weighted by atomic mass is 16.7. The Hall–Kier alpha value is -0.610. The summed E-state index contributed by atoms with van der Waals surface area (Å²) in [4.78, 5) is 12.0. The number of carbonyl (C=O) groups is 1. The molecular weight excluding hydrogens is 472 g/mol. The summed E-state index contributed by atoms with van der Waals surface area (Å²) in [5.41, 5.74) is -0.424. The Kier molecular flexibility index (Phi) is 26.2. The summed E-state index contributed by atoms with van der Waals surface area (Å²) in [6.45, 7) is 13.9. The van der Waals surface area contributed by atoms with Crippen molar-refractivity contribution in [2.75, 3.05) is 13.2 Å². The minimum atomic E-state index is -0.424. The monoisotopic (exact) mass is 541 g/mol. The quantitative estimate of drug-likeness (QED) is 0.0562. The first-order chi connectivity index (χ1) is 18.3. The van der Waals surface area contributed by atoms with Gasteiger partial charge in [-0.25, -0.2) is 0 Å². The molecule has 0 rings (SSSR count). The topological polar surface area (TPSA) is 44.8 Å². The lowest BCUT2D eigenvalue weighted by Gasteiger charge is -2.21. The summed E-state index contributed by atoms with van der Waals surface area (Å²) in [5.74, 6) is -0.102. The Morgan fingerprint density at radius 1 is 0.553 bits per heavy atom. The molecule has 38 heavy (non-hydrogen) atoms. The smallest absolute Gasteiger partial charge is 0.311 e. The Balaban J connectivity index is 4.07. The Morgan fingerprint density at radius 3 is 1.34 bits per heavy atom. The fraction of sp³-hybridized carbons (Fsp3) is 0.971. The van der Waals surface area contributed by atoms with Crippen molar-refractivity contribution in [1.82, 2.24) is 0 Å². The summed E-state index contributed by atoms with van der Waals surface area (Å²) < 4.78 is 18.0. The summed E-state index contributed by atoms with van der Waals surface area (Å²) in [6.07, 6.45) is 27.7. The van der Waals surface area contributed by atoms with E-state index in [-0.39, 0.29) is 18.4 Å². The van der Waals surface area contributed by atoms with E-state index < -0.39 is 5.41 Å². The van der Waals surface area contributed by atoms with Gasteiger partial charge in [-0.2, -0.15) is 0 Å². The van der Waals surface area contributed by atoms with Gasteiger partial charge in [0.15, 0.2) is 6.29 Å². The number of hydrogen-bond acceptors (Lipinski definition) is 4. The van der Waals surface area contributed by atoms with E-state index in [2.05, 4.69) is 13.8 Å². The van der Waals surface area contributed by atoms with Crippen molar-refractivity contribution < 1.29 is 19.0 Å². The van der Waals surface area contributed by atoms with Gasteiger partial charge < -0.3 is 14.2 Å². The van der Waals surface area contributed by atoms with Crippen LogP contribution in [-0.2, 0) is 19.0 Å². The van der Waals surface area contributed by atoms with Gasteiger partial charge in [0.2, 0.25) is 0 Å². The van der Waals surface area contributed by atoms with E-state index in [1.807, 2.05) is 27.7 Å². The predicted molar refractivity (Wildman–Crippen MR) is 164 cm³/mol. The van der Waals surface area contributed by atoms with Crippen molar-refractivity contribution in [3.8, 4) is 0 Å². The molecule has 1 atom stereocenters. The fourth-order valence-corrected chi connectivity index (χ4v) is 4.63. The third-order valence-corrected chi connectivity index (χ3v) is 7.32. The van der Waals surface area contributed by atoms with Crippen LogP contribution < -0.4 is 0 Å². The molecule has 0 bridgehead atoms. The highest BCUT2D eigenvalue weighted by Gasteiger charge is 2.24. The van der Waals surface area contributed by atoms with Crippen LogP contribution in [0.5, 0.6) is 0 Å². The first-order valence-electron chi connectivity index (χ1n) is 16.8. The summed E-state index contributed by atoms with van der Waals surface area (Å²) in [5, 5.41) is 0. The van der Waals surface area contributed by atoms with Gasteiger partial charge in [0, 0.05) is 13.2 Å². The molecule has 4 nitrogen and oxygen atoms in total. The van der Waals surface area contributed by atoms with Gasteiger partial charge in [0.25, 0.3) is 0 Å². The maximum absolute atomic E-state index is 12.0. The molecule has 228 valence electrons. The number of carbonyl (C=O) groups excluding carboxylic acids is 1. The number of rotatable bonds is 28. The molecule has 0 aliphatic carbocycles. The van der Waals surface area contributed by atoms with Crippen LogP contribution in [0.1, 0.15) is 183 Å². The van der Waals surface area contributed by atoms with E-state index >= 15 is 0 Å². The molecule has 1 unspecified atom stereocenters. The Morgan fingerprint density at radius 2 is 0.921 bits per heavy atom. The molecule has 0 aromatic heterocycles. The maximum atomic E-state index is 12.0. The Labute approximate surface area is 238 Å². The van der Waals surface area contributed by atoms with Crippen molar-refractivity contribution in [3.05, 3.63) is 0 Å². The predicted octanol–water partition coefficient (Wildman–Crippen LogP) is 10.9. The zero-order chi connectivity index (χ0) is 28.3. The standard InChI is InChI=1S/C34H68O4/c1-7-9-11-13-15-17-21-25-29-36-32(37-30-26-22-18-16-14-12-10-8-2)28-24-20-19-23-27-31(3)38-33(35)34(4,5)6/h31-32H,7-30H2,1-6H3. The largest absolute Gasteiger partial charge is 0.462 e. The SMILES string of the molecule is CCCCCCCCCCOC(CCCCCCC(C)OC(=O)C(C)(C)C)OCCCCCCCCCC. The van der Waals surface area contributed by atoms with Crippen molar-refractivity contribution >= 4 is 5.97 Å². The van der Waals surface area contributed by atoms with E-state index in [1.165, 1.54) is 103 Å². The van der Waals surface area contributed by atoms with Gasteiger partial charge in [-0.1, -0.05) is 117 Å². The average molecular weight is 541 g/mol. The van der Waals surface area contributed by atoms with Crippen LogP contribution in [-0.4, -0.2) is 31.6 Å². The van der Waals surface area contributed by atoms with Crippen LogP contribution in [0.15, 0.2) is 0 Å². The van der Waals surface area contributed by atoms with Crippen LogP contribution >= 0.6 is 0 Å². The summed E-state index contributed by atoms with van der Waals surface area (Å²) in [6, 6.07) is 0. The van der Waals surface area contributed by atoms with Gasteiger partial charge in [-0.15, -0.1) is 0 Å². The van der Waals surface area contributed by atoms with Crippen LogP contribution in [0, 0.1) is 5.41 Å². The highest BCUT2D eigenvalue weighted by Crippen LogP contribution is 2.19. The first kappa shape index (κ1) is 37.4. The highest BCUT2D eigenvalue weighted by molar-refractivity contribution is 5.75.